The lowest BCUT2D eigenvalue weighted by atomic mass is 10.2. The lowest BCUT2D eigenvalue weighted by Crippen LogP contribution is -2.12. The Labute approximate surface area is 121 Å². The van der Waals surface area contributed by atoms with Crippen molar-refractivity contribution in [3.63, 3.8) is 0 Å². The Hall–Kier alpha value is -2.08. The number of carbonyl (C=O) groups excluding carboxylic acids is 1. The van der Waals surface area contributed by atoms with E-state index in [0.29, 0.717) is 11.5 Å². The van der Waals surface area contributed by atoms with Crippen molar-refractivity contribution in [3.8, 4) is 0 Å². The van der Waals surface area contributed by atoms with Crippen LogP contribution in [0.15, 0.2) is 24.3 Å². The number of hydrogen-bond acceptors (Lipinski definition) is 6. The first-order valence-corrected chi connectivity index (χ1v) is 7.00. The fraction of sp³-hybridized carbons (Fsp3) is 0.286. The molecule has 0 radical (unpaired) electrons. The monoisotopic (exact) mass is 291 g/mol. The van der Waals surface area contributed by atoms with Crippen LogP contribution in [0, 0.1) is 6.92 Å². The van der Waals surface area contributed by atoms with Crippen LogP contribution in [0.4, 0.5) is 11.5 Å². The molecule has 2 heterocycles. The van der Waals surface area contributed by atoms with E-state index in [-0.39, 0.29) is 11.7 Å². The molecule has 0 saturated heterocycles. The molecule has 1 atom stereocenters. The third kappa shape index (κ3) is 3.08. The highest BCUT2D eigenvalue weighted by Gasteiger charge is 2.13. The topological polar surface area (TPSA) is 77.2 Å². The van der Waals surface area contributed by atoms with Crippen LogP contribution in [0.25, 0.3) is 0 Å². The molecule has 0 bridgehead atoms. The number of nitrogens with two attached hydrogens (primary N) is 1. The molecule has 0 aliphatic rings. The van der Waals surface area contributed by atoms with E-state index in [4.69, 9.17) is 5.73 Å². The van der Waals surface area contributed by atoms with Gasteiger partial charge in [0.15, 0.2) is 11.5 Å². The van der Waals surface area contributed by atoms with Crippen LogP contribution >= 0.6 is 11.3 Å². The second kappa shape index (κ2) is 5.92. The first-order chi connectivity index (χ1) is 9.51. The largest absolute Gasteiger partial charge is 0.464 e. The zero-order valence-corrected chi connectivity index (χ0v) is 12.5. The maximum absolute atomic E-state index is 11.5. The van der Waals surface area contributed by atoms with Gasteiger partial charge in [0.1, 0.15) is 0 Å². The van der Waals surface area contributed by atoms with Gasteiger partial charge in [-0.05, 0) is 38.1 Å². The van der Waals surface area contributed by atoms with E-state index in [2.05, 4.69) is 34.1 Å². The number of rotatable bonds is 4. The Morgan fingerprint density at radius 2 is 2.15 bits per heavy atom. The molecule has 0 amide bonds. The second-order valence-electron chi connectivity index (χ2n) is 4.44. The summed E-state index contributed by atoms with van der Waals surface area (Å²) < 4.78 is 4.66. The molecule has 0 aromatic carbocycles. The summed E-state index contributed by atoms with van der Waals surface area (Å²) in [6.45, 7) is 4.09. The summed E-state index contributed by atoms with van der Waals surface area (Å²) in [6.07, 6.45) is 0. The highest BCUT2D eigenvalue weighted by atomic mass is 32.1. The van der Waals surface area contributed by atoms with Gasteiger partial charge in [-0.3, -0.25) is 0 Å². The van der Waals surface area contributed by atoms with Crippen LogP contribution in [-0.4, -0.2) is 18.1 Å². The van der Waals surface area contributed by atoms with Crippen molar-refractivity contribution >= 4 is 28.8 Å². The summed E-state index contributed by atoms with van der Waals surface area (Å²) in [4.78, 5) is 18.1. The highest BCUT2D eigenvalue weighted by molar-refractivity contribution is 7.12. The summed E-state index contributed by atoms with van der Waals surface area (Å²) in [5.74, 6) is 0.0131. The number of nitrogen functional groups attached to an aromatic ring is 1. The van der Waals surface area contributed by atoms with Crippen molar-refractivity contribution < 1.29 is 9.53 Å². The van der Waals surface area contributed by atoms with E-state index >= 15 is 0 Å². The number of aromatic nitrogens is 1. The molecule has 20 heavy (non-hydrogen) atoms. The van der Waals surface area contributed by atoms with Gasteiger partial charge in [0, 0.05) is 9.75 Å². The molecule has 2 aromatic rings. The molecule has 0 saturated carbocycles. The number of pyridine rings is 1. The smallest absolute Gasteiger partial charge is 0.356 e. The molecule has 0 fully saturated rings. The summed E-state index contributed by atoms with van der Waals surface area (Å²) in [7, 11) is 1.32. The molecule has 0 aliphatic heterocycles. The fourth-order valence-electron chi connectivity index (χ4n) is 1.77. The normalized spacial score (nSPS) is 11.9. The van der Waals surface area contributed by atoms with Crippen molar-refractivity contribution in [1.29, 1.82) is 0 Å². The lowest BCUT2D eigenvalue weighted by Gasteiger charge is -2.15. The zero-order valence-electron chi connectivity index (χ0n) is 11.6. The Balaban J connectivity index is 2.22. The molecule has 1 unspecified atom stereocenters. The van der Waals surface area contributed by atoms with E-state index in [1.165, 1.54) is 16.9 Å². The molecule has 2 rings (SSSR count). The predicted octanol–water partition coefficient (Wildman–Crippen LogP) is 2.99. The minimum absolute atomic E-state index is 0.0661. The minimum atomic E-state index is -0.479. The van der Waals surface area contributed by atoms with Crippen molar-refractivity contribution in [3.05, 3.63) is 39.7 Å². The summed E-state index contributed by atoms with van der Waals surface area (Å²) in [5.41, 5.74) is 6.62. The molecule has 106 valence electrons. The van der Waals surface area contributed by atoms with Crippen LogP contribution in [0.1, 0.15) is 33.2 Å². The average Bonchev–Trinajstić information content (AvgIpc) is 2.87. The van der Waals surface area contributed by atoms with Crippen LogP contribution in [0.2, 0.25) is 0 Å². The molecule has 6 heteroatoms. The van der Waals surface area contributed by atoms with Crippen molar-refractivity contribution in [1.82, 2.24) is 4.98 Å². The van der Waals surface area contributed by atoms with E-state index in [0.717, 1.165) is 0 Å². The van der Waals surface area contributed by atoms with Gasteiger partial charge in [-0.1, -0.05) is 0 Å². The SMILES string of the molecule is COC(=O)c1ccc(N)c(NC(C)c2ccc(C)s2)n1. The number of esters is 1. The summed E-state index contributed by atoms with van der Waals surface area (Å²) in [5, 5.41) is 3.23. The van der Waals surface area contributed by atoms with Gasteiger partial charge in [-0.25, -0.2) is 9.78 Å². The average molecular weight is 291 g/mol. The minimum Gasteiger partial charge on any atom is -0.464 e. The molecule has 2 aromatic heterocycles. The van der Waals surface area contributed by atoms with Gasteiger partial charge in [-0.15, -0.1) is 11.3 Å². The number of hydrogen-bond donors (Lipinski definition) is 2. The first kappa shape index (κ1) is 14.3. The Morgan fingerprint density at radius 1 is 1.40 bits per heavy atom. The third-order valence-electron chi connectivity index (χ3n) is 2.86. The van der Waals surface area contributed by atoms with E-state index < -0.39 is 5.97 Å². The second-order valence-corrected chi connectivity index (χ2v) is 5.76. The maximum Gasteiger partial charge on any atom is 0.356 e. The van der Waals surface area contributed by atoms with Gasteiger partial charge >= 0.3 is 5.97 Å². The lowest BCUT2D eigenvalue weighted by molar-refractivity contribution is 0.0594. The van der Waals surface area contributed by atoms with E-state index in [9.17, 15) is 4.79 Å². The van der Waals surface area contributed by atoms with Gasteiger partial charge in [-0.2, -0.15) is 0 Å². The number of ether oxygens (including phenoxy) is 1. The van der Waals surface area contributed by atoms with Crippen LogP contribution in [-0.2, 0) is 4.74 Å². The Morgan fingerprint density at radius 3 is 2.75 bits per heavy atom. The Kier molecular flexibility index (Phi) is 4.24. The maximum atomic E-state index is 11.5. The zero-order chi connectivity index (χ0) is 14.7. The molecular weight excluding hydrogens is 274 g/mol. The number of nitrogens with zero attached hydrogens (tertiary/aromatic N) is 1. The van der Waals surface area contributed by atoms with Gasteiger partial charge < -0.3 is 15.8 Å². The van der Waals surface area contributed by atoms with Crippen LogP contribution in [0.5, 0.6) is 0 Å². The van der Waals surface area contributed by atoms with Crippen LogP contribution in [0.3, 0.4) is 0 Å². The summed E-state index contributed by atoms with van der Waals surface area (Å²) >= 11 is 1.71. The van der Waals surface area contributed by atoms with E-state index in [1.54, 1.807) is 23.5 Å². The molecular formula is C14H17N3O2S. The number of nitrogens with one attached hydrogen (secondary N) is 1. The third-order valence-corrected chi connectivity index (χ3v) is 4.05. The number of anilines is 2. The Bertz CT molecular complexity index is 625. The van der Waals surface area contributed by atoms with Gasteiger partial charge in [0.05, 0.1) is 18.8 Å². The van der Waals surface area contributed by atoms with Gasteiger partial charge in [0.2, 0.25) is 0 Å². The molecule has 0 aliphatic carbocycles. The van der Waals surface area contributed by atoms with Crippen molar-refractivity contribution in [2.24, 2.45) is 0 Å². The predicted molar refractivity (Wildman–Crippen MR) is 81.1 cm³/mol. The number of carbonyl (C=O) groups is 1. The standard InChI is InChI=1S/C14H17N3O2S/c1-8-4-7-12(20-8)9(2)16-13-10(15)5-6-11(17-13)14(18)19-3/h4-7,9H,15H2,1-3H3,(H,16,17). The van der Waals surface area contributed by atoms with E-state index in [1.807, 2.05) is 6.92 Å². The molecule has 0 spiro atoms. The molecule has 5 nitrogen and oxygen atoms in total. The van der Waals surface area contributed by atoms with Crippen LogP contribution < -0.4 is 11.1 Å². The highest BCUT2D eigenvalue weighted by Crippen LogP contribution is 2.27. The van der Waals surface area contributed by atoms with Crippen molar-refractivity contribution in [2.75, 3.05) is 18.2 Å². The fourth-order valence-corrected chi connectivity index (χ4v) is 2.65. The first-order valence-electron chi connectivity index (χ1n) is 6.19. The van der Waals surface area contributed by atoms with Crippen molar-refractivity contribution in [2.45, 2.75) is 19.9 Å². The molecule has 3 N–H and O–H groups in total. The number of aryl methyl sites for hydroxylation is 1. The quantitative estimate of drug-likeness (QED) is 0.847. The van der Waals surface area contributed by atoms with Gasteiger partial charge in [0.25, 0.3) is 0 Å². The number of methoxy groups -OCH3 is 1. The number of thiophene rings is 1. The summed E-state index contributed by atoms with van der Waals surface area (Å²) in [6, 6.07) is 7.40.